The Bertz CT molecular complexity index is 543. The summed E-state index contributed by atoms with van der Waals surface area (Å²) in [7, 11) is 0. The minimum atomic E-state index is -0.461. The van der Waals surface area contributed by atoms with E-state index in [9.17, 15) is 9.18 Å². The molecule has 3 N–H and O–H groups in total. The molecule has 2 aliphatic rings. The summed E-state index contributed by atoms with van der Waals surface area (Å²) in [5.74, 6) is 0.247. The molecule has 5 unspecified atom stereocenters. The minimum absolute atomic E-state index is 0.0629. The highest BCUT2D eigenvalue weighted by Gasteiger charge is 2.49. The number of carbonyl (C=O) groups excluding carboxylic acids is 1. The van der Waals surface area contributed by atoms with Gasteiger partial charge in [0, 0.05) is 16.6 Å². The Labute approximate surface area is 129 Å². The third-order valence-corrected chi connectivity index (χ3v) is 5.40. The van der Waals surface area contributed by atoms with Gasteiger partial charge in [-0.25, -0.2) is 4.39 Å². The van der Waals surface area contributed by atoms with Crippen molar-refractivity contribution in [3.05, 3.63) is 34.6 Å². The van der Waals surface area contributed by atoms with Crippen LogP contribution in [0.5, 0.6) is 0 Å². The van der Waals surface area contributed by atoms with Gasteiger partial charge in [0.15, 0.2) is 0 Å². The van der Waals surface area contributed by atoms with Crippen LogP contribution in [-0.4, -0.2) is 11.9 Å². The lowest BCUT2D eigenvalue weighted by atomic mass is 9.84. The molecule has 5 heteroatoms. The van der Waals surface area contributed by atoms with Crippen molar-refractivity contribution in [2.24, 2.45) is 23.5 Å². The van der Waals surface area contributed by atoms with Crippen LogP contribution < -0.4 is 11.1 Å². The largest absolute Gasteiger partial charge is 0.349 e. The molecular weight excluding hydrogens is 291 g/mol. The molecule has 0 radical (unpaired) electrons. The molecule has 0 heterocycles. The third-order valence-electron chi connectivity index (χ3n) is 5.07. The van der Waals surface area contributed by atoms with Gasteiger partial charge >= 0.3 is 0 Å². The molecule has 114 valence electrons. The van der Waals surface area contributed by atoms with E-state index in [1.165, 1.54) is 6.07 Å². The highest BCUT2D eigenvalue weighted by atomic mass is 35.5. The number of amides is 1. The third kappa shape index (κ3) is 2.55. The predicted molar refractivity (Wildman–Crippen MR) is 80.3 cm³/mol. The van der Waals surface area contributed by atoms with Crippen LogP contribution in [0.25, 0.3) is 0 Å². The molecule has 0 aliphatic heterocycles. The van der Waals surface area contributed by atoms with E-state index >= 15 is 0 Å². The lowest BCUT2D eigenvalue weighted by Gasteiger charge is -2.28. The molecule has 21 heavy (non-hydrogen) atoms. The van der Waals surface area contributed by atoms with E-state index in [1.54, 1.807) is 19.1 Å². The molecular formula is C16H20ClFN2O. The second-order valence-corrected chi connectivity index (χ2v) is 6.71. The molecule has 2 fully saturated rings. The van der Waals surface area contributed by atoms with Gasteiger partial charge in [-0.2, -0.15) is 0 Å². The molecule has 2 bridgehead atoms. The molecule has 0 saturated heterocycles. The molecule has 0 aromatic heterocycles. The van der Waals surface area contributed by atoms with Crippen LogP contribution in [0.4, 0.5) is 4.39 Å². The summed E-state index contributed by atoms with van der Waals surface area (Å²) in [6, 6.07) is 4.02. The van der Waals surface area contributed by atoms with Crippen molar-refractivity contribution in [2.75, 3.05) is 0 Å². The summed E-state index contributed by atoms with van der Waals surface area (Å²) in [5.41, 5.74) is 6.52. The van der Waals surface area contributed by atoms with Crippen LogP contribution in [0.2, 0.25) is 5.02 Å². The van der Waals surface area contributed by atoms with Gasteiger partial charge in [0.25, 0.3) is 0 Å². The van der Waals surface area contributed by atoms with E-state index in [-0.39, 0.29) is 17.9 Å². The Morgan fingerprint density at radius 1 is 1.43 bits per heavy atom. The topological polar surface area (TPSA) is 55.1 Å². The van der Waals surface area contributed by atoms with Crippen LogP contribution in [0.1, 0.15) is 37.8 Å². The molecule has 1 amide bonds. The van der Waals surface area contributed by atoms with Crippen molar-refractivity contribution in [1.29, 1.82) is 0 Å². The van der Waals surface area contributed by atoms with E-state index in [0.717, 1.165) is 19.3 Å². The van der Waals surface area contributed by atoms with Crippen LogP contribution >= 0.6 is 11.6 Å². The molecule has 1 aromatic rings. The first-order valence-corrected chi connectivity index (χ1v) is 7.86. The summed E-state index contributed by atoms with van der Waals surface area (Å²) in [6.45, 7) is 1.75. The fourth-order valence-corrected chi connectivity index (χ4v) is 4.36. The Morgan fingerprint density at radius 2 is 2.14 bits per heavy atom. The Balaban J connectivity index is 1.73. The van der Waals surface area contributed by atoms with Crippen molar-refractivity contribution >= 4 is 17.5 Å². The van der Waals surface area contributed by atoms with Gasteiger partial charge in [0.1, 0.15) is 5.82 Å². The van der Waals surface area contributed by atoms with Crippen LogP contribution in [-0.2, 0) is 4.79 Å². The SMILES string of the molecule is CC(NC(=O)C1C2CCC(C2)C1N)c1c(F)cccc1Cl. The van der Waals surface area contributed by atoms with E-state index in [0.29, 0.717) is 22.4 Å². The number of hydrogen-bond donors (Lipinski definition) is 2. The van der Waals surface area contributed by atoms with E-state index in [1.807, 2.05) is 0 Å². The number of fused-ring (bicyclic) bond motifs is 2. The number of nitrogens with one attached hydrogen (secondary N) is 1. The molecule has 2 aliphatic carbocycles. The van der Waals surface area contributed by atoms with Gasteiger partial charge in [0.05, 0.1) is 12.0 Å². The first-order chi connectivity index (χ1) is 9.99. The van der Waals surface area contributed by atoms with Crippen LogP contribution in [0.3, 0.4) is 0 Å². The summed E-state index contributed by atoms with van der Waals surface area (Å²) in [4.78, 5) is 12.5. The van der Waals surface area contributed by atoms with E-state index in [2.05, 4.69) is 5.32 Å². The average Bonchev–Trinajstić information content (AvgIpc) is 2.98. The summed E-state index contributed by atoms with van der Waals surface area (Å²) < 4.78 is 13.9. The van der Waals surface area contributed by atoms with Gasteiger partial charge < -0.3 is 11.1 Å². The fourth-order valence-electron chi connectivity index (χ4n) is 4.03. The molecule has 5 atom stereocenters. The molecule has 2 saturated carbocycles. The first-order valence-electron chi connectivity index (χ1n) is 7.49. The number of halogens is 2. The van der Waals surface area contributed by atoms with E-state index in [4.69, 9.17) is 17.3 Å². The van der Waals surface area contributed by atoms with Gasteiger partial charge in [-0.1, -0.05) is 17.7 Å². The fraction of sp³-hybridized carbons (Fsp3) is 0.562. The zero-order valence-electron chi connectivity index (χ0n) is 12.0. The van der Waals surface area contributed by atoms with Gasteiger partial charge in [-0.3, -0.25) is 4.79 Å². The number of hydrogen-bond acceptors (Lipinski definition) is 2. The summed E-state index contributed by atoms with van der Waals surface area (Å²) in [5, 5.41) is 3.23. The monoisotopic (exact) mass is 310 g/mol. The lowest BCUT2D eigenvalue weighted by molar-refractivity contribution is -0.127. The van der Waals surface area contributed by atoms with Crippen LogP contribution in [0.15, 0.2) is 18.2 Å². The zero-order valence-corrected chi connectivity index (χ0v) is 12.7. The van der Waals surface area contributed by atoms with Gasteiger partial charge in [0.2, 0.25) is 5.91 Å². The molecule has 0 spiro atoms. The summed E-state index contributed by atoms with van der Waals surface area (Å²) in [6.07, 6.45) is 3.25. The second-order valence-electron chi connectivity index (χ2n) is 6.30. The van der Waals surface area contributed by atoms with Crippen molar-refractivity contribution in [3.8, 4) is 0 Å². The normalized spacial score (nSPS) is 32.2. The van der Waals surface area contributed by atoms with Gasteiger partial charge in [-0.15, -0.1) is 0 Å². The van der Waals surface area contributed by atoms with Gasteiger partial charge in [-0.05, 0) is 50.2 Å². The number of carbonyl (C=O) groups is 1. The smallest absolute Gasteiger partial charge is 0.225 e. The Kier molecular flexibility index (Phi) is 3.93. The van der Waals surface area contributed by atoms with E-state index < -0.39 is 11.9 Å². The maximum Gasteiger partial charge on any atom is 0.225 e. The molecule has 1 aromatic carbocycles. The van der Waals surface area contributed by atoms with Crippen molar-refractivity contribution in [1.82, 2.24) is 5.32 Å². The van der Waals surface area contributed by atoms with Crippen LogP contribution in [0, 0.1) is 23.6 Å². The summed E-state index contributed by atoms with van der Waals surface area (Å²) >= 11 is 6.04. The molecule has 3 nitrogen and oxygen atoms in total. The van der Waals surface area contributed by atoms with Crippen molar-refractivity contribution in [2.45, 2.75) is 38.3 Å². The lowest BCUT2D eigenvalue weighted by Crippen LogP contribution is -2.45. The predicted octanol–water partition coefficient (Wildman–Crippen LogP) is 3.03. The van der Waals surface area contributed by atoms with Crippen molar-refractivity contribution in [3.63, 3.8) is 0 Å². The Morgan fingerprint density at radius 3 is 2.76 bits per heavy atom. The average molecular weight is 311 g/mol. The highest BCUT2D eigenvalue weighted by molar-refractivity contribution is 6.31. The Hall–Kier alpha value is -1.13. The quantitative estimate of drug-likeness (QED) is 0.901. The maximum absolute atomic E-state index is 13.9. The minimum Gasteiger partial charge on any atom is -0.349 e. The standard InChI is InChI=1S/C16H20ClFN2O/c1-8(13-11(17)3-2-4-12(13)18)20-16(21)14-9-5-6-10(7-9)15(14)19/h2-4,8-10,14-15H,5-7,19H2,1H3,(H,20,21). The number of nitrogens with two attached hydrogens (primary N) is 1. The zero-order chi connectivity index (χ0) is 15.1. The first kappa shape index (κ1) is 14.8. The van der Waals surface area contributed by atoms with Crippen molar-refractivity contribution < 1.29 is 9.18 Å². The number of rotatable bonds is 3. The highest BCUT2D eigenvalue weighted by Crippen LogP contribution is 2.47. The second kappa shape index (κ2) is 5.58. The maximum atomic E-state index is 13.9. The number of benzene rings is 1. The molecule has 3 rings (SSSR count).